The van der Waals surface area contributed by atoms with Crippen LogP contribution in [0, 0.1) is 0 Å². The number of rotatable bonds is 9. The zero-order chi connectivity index (χ0) is 14.1. The van der Waals surface area contributed by atoms with Crippen LogP contribution in [-0.4, -0.2) is 87.3 Å². The summed E-state index contributed by atoms with van der Waals surface area (Å²) in [5.41, 5.74) is 23.3. The topological polar surface area (TPSA) is 123 Å². The standard InChI is InChI=1S/C12H31N7/c13-1-5-18(6-2-14)10-11(16)12-9-17-4-8-19(12)7-3-15/h11-12,17H,1-10,13-16H2. The van der Waals surface area contributed by atoms with Crippen LogP contribution >= 0.6 is 0 Å². The SMILES string of the molecule is NCCN(CCN)CC(N)C1CNCCN1CCN. The van der Waals surface area contributed by atoms with Gasteiger partial charge in [0.15, 0.2) is 0 Å². The van der Waals surface area contributed by atoms with E-state index in [1.54, 1.807) is 0 Å². The Morgan fingerprint density at radius 2 is 1.84 bits per heavy atom. The average molecular weight is 273 g/mol. The van der Waals surface area contributed by atoms with Gasteiger partial charge in [-0.2, -0.15) is 0 Å². The predicted molar refractivity (Wildman–Crippen MR) is 79.8 cm³/mol. The van der Waals surface area contributed by atoms with Crippen LogP contribution in [0.25, 0.3) is 0 Å². The third-order valence-corrected chi connectivity index (χ3v) is 3.67. The molecule has 7 heteroatoms. The maximum Gasteiger partial charge on any atom is 0.0385 e. The van der Waals surface area contributed by atoms with Gasteiger partial charge in [0, 0.05) is 77.5 Å². The fourth-order valence-corrected chi connectivity index (χ4v) is 2.71. The molecule has 7 nitrogen and oxygen atoms in total. The molecule has 1 rings (SSSR count). The maximum absolute atomic E-state index is 6.38. The maximum atomic E-state index is 6.38. The van der Waals surface area contributed by atoms with Gasteiger partial charge in [0.25, 0.3) is 0 Å². The van der Waals surface area contributed by atoms with Crippen LogP contribution in [0.4, 0.5) is 0 Å². The monoisotopic (exact) mass is 273 g/mol. The molecule has 1 saturated heterocycles. The molecular weight excluding hydrogens is 242 g/mol. The second-order valence-corrected chi connectivity index (χ2v) is 5.14. The number of piperazine rings is 1. The minimum atomic E-state index is 0.0949. The molecule has 9 N–H and O–H groups in total. The van der Waals surface area contributed by atoms with Crippen LogP contribution in [-0.2, 0) is 0 Å². The van der Waals surface area contributed by atoms with Crippen molar-refractivity contribution in [2.75, 3.05) is 65.4 Å². The molecule has 0 aromatic rings. The van der Waals surface area contributed by atoms with E-state index in [1.165, 1.54) is 0 Å². The quantitative estimate of drug-likeness (QED) is 0.299. The number of nitrogens with one attached hydrogen (secondary N) is 1. The first-order chi connectivity index (χ1) is 9.22. The van der Waals surface area contributed by atoms with Crippen LogP contribution in [0.2, 0.25) is 0 Å². The number of hydrogen-bond donors (Lipinski definition) is 5. The number of nitrogens with two attached hydrogens (primary N) is 4. The van der Waals surface area contributed by atoms with Gasteiger partial charge in [0.05, 0.1) is 0 Å². The van der Waals surface area contributed by atoms with Crippen LogP contribution in [0.5, 0.6) is 0 Å². The highest BCUT2D eigenvalue weighted by molar-refractivity contribution is 4.89. The summed E-state index contributed by atoms with van der Waals surface area (Å²) < 4.78 is 0. The van der Waals surface area contributed by atoms with Crippen LogP contribution in [0.15, 0.2) is 0 Å². The second-order valence-electron chi connectivity index (χ2n) is 5.14. The van der Waals surface area contributed by atoms with Crippen molar-refractivity contribution in [1.82, 2.24) is 15.1 Å². The largest absolute Gasteiger partial charge is 0.329 e. The zero-order valence-corrected chi connectivity index (χ0v) is 11.9. The van der Waals surface area contributed by atoms with E-state index >= 15 is 0 Å². The van der Waals surface area contributed by atoms with Gasteiger partial charge in [-0.15, -0.1) is 0 Å². The number of nitrogens with zero attached hydrogens (tertiary/aromatic N) is 2. The molecule has 19 heavy (non-hydrogen) atoms. The van der Waals surface area contributed by atoms with Gasteiger partial charge in [-0.1, -0.05) is 0 Å². The van der Waals surface area contributed by atoms with Gasteiger partial charge < -0.3 is 28.3 Å². The van der Waals surface area contributed by atoms with E-state index in [0.29, 0.717) is 25.7 Å². The smallest absolute Gasteiger partial charge is 0.0385 e. The summed E-state index contributed by atoms with van der Waals surface area (Å²) in [6, 6.07) is 0.438. The molecule has 0 spiro atoms. The van der Waals surface area contributed by atoms with Crippen LogP contribution in [0.3, 0.4) is 0 Å². The zero-order valence-electron chi connectivity index (χ0n) is 11.9. The van der Waals surface area contributed by atoms with Gasteiger partial charge in [-0.05, 0) is 0 Å². The van der Waals surface area contributed by atoms with Crippen LogP contribution in [0.1, 0.15) is 0 Å². The lowest BCUT2D eigenvalue weighted by Gasteiger charge is -2.40. The van der Waals surface area contributed by atoms with E-state index in [-0.39, 0.29) is 6.04 Å². The Labute approximate surface area is 116 Å². The Balaban J connectivity index is 2.49. The van der Waals surface area contributed by atoms with Crippen molar-refractivity contribution in [3.8, 4) is 0 Å². The predicted octanol–water partition coefficient (Wildman–Crippen LogP) is -3.23. The highest BCUT2D eigenvalue weighted by atomic mass is 15.3. The first kappa shape index (κ1) is 16.8. The van der Waals surface area contributed by atoms with E-state index in [0.717, 1.165) is 45.8 Å². The Bertz CT molecular complexity index is 218. The van der Waals surface area contributed by atoms with Gasteiger partial charge >= 0.3 is 0 Å². The third kappa shape index (κ3) is 5.70. The van der Waals surface area contributed by atoms with Gasteiger partial charge in [0.2, 0.25) is 0 Å². The molecule has 0 saturated carbocycles. The summed E-state index contributed by atoms with van der Waals surface area (Å²) in [6.45, 7) is 8.37. The molecule has 1 aliphatic rings. The lowest BCUT2D eigenvalue weighted by Crippen LogP contribution is -2.62. The van der Waals surface area contributed by atoms with Crippen molar-refractivity contribution in [2.24, 2.45) is 22.9 Å². The molecule has 0 radical (unpaired) electrons. The molecule has 0 aromatic carbocycles. The van der Waals surface area contributed by atoms with Crippen molar-refractivity contribution in [1.29, 1.82) is 0 Å². The molecule has 0 bridgehead atoms. The molecule has 0 aliphatic carbocycles. The van der Waals surface area contributed by atoms with E-state index in [9.17, 15) is 0 Å². The van der Waals surface area contributed by atoms with E-state index in [4.69, 9.17) is 22.9 Å². The van der Waals surface area contributed by atoms with Crippen LogP contribution < -0.4 is 28.3 Å². The molecule has 2 unspecified atom stereocenters. The average Bonchev–Trinajstić information content (AvgIpc) is 2.40. The lowest BCUT2D eigenvalue weighted by molar-refractivity contribution is 0.123. The van der Waals surface area contributed by atoms with E-state index < -0.39 is 0 Å². The van der Waals surface area contributed by atoms with Crippen molar-refractivity contribution < 1.29 is 0 Å². The molecule has 2 atom stereocenters. The Kier molecular flexibility index (Phi) is 8.47. The highest BCUT2D eigenvalue weighted by Gasteiger charge is 2.27. The van der Waals surface area contributed by atoms with Crippen molar-refractivity contribution in [2.45, 2.75) is 12.1 Å². The summed E-state index contributed by atoms with van der Waals surface area (Å²) >= 11 is 0. The molecular formula is C12H31N7. The fourth-order valence-electron chi connectivity index (χ4n) is 2.71. The van der Waals surface area contributed by atoms with Gasteiger partial charge in [-0.25, -0.2) is 0 Å². The fraction of sp³-hybridized carbons (Fsp3) is 1.00. The van der Waals surface area contributed by atoms with Crippen molar-refractivity contribution >= 4 is 0 Å². The van der Waals surface area contributed by atoms with Gasteiger partial charge in [0.1, 0.15) is 0 Å². The summed E-state index contributed by atoms with van der Waals surface area (Å²) in [7, 11) is 0. The summed E-state index contributed by atoms with van der Waals surface area (Å²) in [4.78, 5) is 4.64. The lowest BCUT2D eigenvalue weighted by atomic mass is 10.0. The Morgan fingerprint density at radius 3 is 2.42 bits per heavy atom. The third-order valence-electron chi connectivity index (χ3n) is 3.67. The molecule has 0 amide bonds. The molecule has 1 fully saturated rings. The Morgan fingerprint density at radius 1 is 1.16 bits per heavy atom. The molecule has 1 heterocycles. The number of hydrogen-bond acceptors (Lipinski definition) is 7. The normalized spacial score (nSPS) is 22.9. The van der Waals surface area contributed by atoms with E-state index in [1.807, 2.05) is 0 Å². The minimum absolute atomic E-state index is 0.0949. The summed E-state index contributed by atoms with van der Waals surface area (Å²) in [5.74, 6) is 0. The molecule has 1 aliphatic heterocycles. The van der Waals surface area contributed by atoms with Crippen molar-refractivity contribution in [3.63, 3.8) is 0 Å². The first-order valence-electron chi connectivity index (χ1n) is 7.25. The Hall–Kier alpha value is -0.280. The molecule has 0 aromatic heterocycles. The van der Waals surface area contributed by atoms with E-state index in [2.05, 4.69) is 15.1 Å². The highest BCUT2D eigenvalue weighted by Crippen LogP contribution is 2.07. The second kappa shape index (κ2) is 9.60. The van der Waals surface area contributed by atoms with Gasteiger partial charge in [-0.3, -0.25) is 9.80 Å². The minimum Gasteiger partial charge on any atom is -0.329 e. The summed E-state index contributed by atoms with van der Waals surface area (Å²) in [5, 5.41) is 3.41. The first-order valence-corrected chi connectivity index (χ1v) is 7.25. The molecule has 114 valence electrons. The summed E-state index contributed by atoms with van der Waals surface area (Å²) in [6.07, 6.45) is 0. The van der Waals surface area contributed by atoms with Crippen molar-refractivity contribution in [3.05, 3.63) is 0 Å².